The fourth-order valence-corrected chi connectivity index (χ4v) is 1.52. The van der Waals surface area contributed by atoms with E-state index in [4.69, 9.17) is 4.42 Å². The van der Waals surface area contributed by atoms with Gasteiger partial charge >= 0.3 is 0 Å². The van der Waals surface area contributed by atoms with Crippen LogP contribution >= 0.6 is 0 Å². The quantitative estimate of drug-likeness (QED) is 0.853. The SMILES string of the molecule is CC(O)(CNC(=O)c1cccnc1)c1ccco1. The molecule has 0 saturated heterocycles. The Kier molecular flexibility index (Phi) is 3.43. The molecule has 5 nitrogen and oxygen atoms in total. The highest BCUT2D eigenvalue weighted by Gasteiger charge is 2.26. The van der Waals surface area contributed by atoms with Gasteiger partial charge in [0.05, 0.1) is 18.4 Å². The van der Waals surface area contributed by atoms with E-state index >= 15 is 0 Å². The fraction of sp³-hybridized carbons (Fsp3) is 0.231. The van der Waals surface area contributed by atoms with Gasteiger partial charge in [-0.2, -0.15) is 0 Å². The number of rotatable bonds is 4. The van der Waals surface area contributed by atoms with Crippen molar-refractivity contribution in [2.45, 2.75) is 12.5 Å². The molecule has 0 aliphatic heterocycles. The van der Waals surface area contributed by atoms with Crippen molar-refractivity contribution in [2.75, 3.05) is 6.54 Å². The maximum Gasteiger partial charge on any atom is 0.252 e. The van der Waals surface area contributed by atoms with E-state index in [0.717, 1.165) is 0 Å². The van der Waals surface area contributed by atoms with E-state index in [0.29, 0.717) is 11.3 Å². The van der Waals surface area contributed by atoms with Gasteiger partial charge < -0.3 is 14.8 Å². The zero-order valence-electron chi connectivity index (χ0n) is 9.96. The number of nitrogens with zero attached hydrogens (tertiary/aromatic N) is 1. The maximum atomic E-state index is 11.8. The monoisotopic (exact) mass is 246 g/mol. The zero-order chi connectivity index (χ0) is 13.0. The summed E-state index contributed by atoms with van der Waals surface area (Å²) >= 11 is 0. The van der Waals surface area contributed by atoms with Crippen molar-refractivity contribution in [3.8, 4) is 0 Å². The normalized spacial score (nSPS) is 13.9. The number of hydrogen-bond acceptors (Lipinski definition) is 4. The first-order valence-electron chi connectivity index (χ1n) is 5.54. The molecular formula is C13H14N2O3. The van der Waals surface area contributed by atoms with Crippen LogP contribution in [0.4, 0.5) is 0 Å². The molecule has 2 aromatic heterocycles. The Morgan fingerprint density at radius 1 is 1.50 bits per heavy atom. The highest BCUT2D eigenvalue weighted by atomic mass is 16.4. The third-order valence-electron chi connectivity index (χ3n) is 2.57. The van der Waals surface area contributed by atoms with Crippen molar-refractivity contribution in [3.05, 3.63) is 54.2 Å². The lowest BCUT2D eigenvalue weighted by atomic mass is 10.0. The van der Waals surface area contributed by atoms with Gasteiger partial charge in [0, 0.05) is 12.4 Å². The van der Waals surface area contributed by atoms with Crippen LogP contribution in [0, 0.1) is 0 Å². The first-order valence-corrected chi connectivity index (χ1v) is 5.54. The number of hydrogen-bond donors (Lipinski definition) is 2. The number of pyridine rings is 1. The first-order chi connectivity index (χ1) is 8.59. The molecule has 0 bridgehead atoms. The molecule has 2 rings (SSSR count). The van der Waals surface area contributed by atoms with Gasteiger partial charge in [0.15, 0.2) is 0 Å². The van der Waals surface area contributed by atoms with Gasteiger partial charge in [0.25, 0.3) is 5.91 Å². The highest BCUT2D eigenvalue weighted by Crippen LogP contribution is 2.19. The number of carbonyl (C=O) groups excluding carboxylic acids is 1. The van der Waals surface area contributed by atoms with Crippen molar-refractivity contribution < 1.29 is 14.3 Å². The molecule has 94 valence electrons. The van der Waals surface area contributed by atoms with Gasteiger partial charge in [-0.25, -0.2) is 0 Å². The van der Waals surface area contributed by atoms with Crippen LogP contribution in [0.5, 0.6) is 0 Å². The summed E-state index contributed by atoms with van der Waals surface area (Å²) in [7, 11) is 0. The van der Waals surface area contributed by atoms with Gasteiger partial charge in [0.1, 0.15) is 11.4 Å². The van der Waals surface area contributed by atoms with E-state index in [1.54, 1.807) is 37.4 Å². The predicted octanol–water partition coefficient (Wildman–Crippen LogP) is 1.31. The minimum Gasteiger partial charge on any atom is -0.466 e. The summed E-state index contributed by atoms with van der Waals surface area (Å²) in [6.45, 7) is 1.64. The van der Waals surface area contributed by atoms with Gasteiger partial charge in [-0.15, -0.1) is 0 Å². The molecule has 0 aliphatic rings. The lowest BCUT2D eigenvalue weighted by Crippen LogP contribution is -2.38. The summed E-state index contributed by atoms with van der Waals surface area (Å²) in [4.78, 5) is 15.6. The van der Waals surface area contributed by atoms with Gasteiger partial charge in [-0.3, -0.25) is 9.78 Å². The standard InChI is InChI=1S/C13H14N2O3/c1-13(17,11-5-3-7-18-11)9-15-12(16)10-4-2-6-14-8-10/h2-8,17H,9H2,1H3,(H,15,16). The molecule has 2 heterocycles. The minimum atomic E-state index is -1.23. The molecule has 5 heteroatoms. The van der Waals surface area contributed by atoms with Crippen molar-refractivity contribution in [1.29, 1.82) is 0 Å². The molecule has 0 saturated carbocycles. The molecule has 0 aliphatic carbocycles. The van der Waals surface area contributed by atoms with Crippen LogP contribution in [0.25, 0.3) is 0 Å². The summed E-state index contributed by atoms with van der Waals surface area (Å²) in [5, 5.41) is 12.8. The molecule has 18 heavy (non-hydrogen) atoms. The first kappa shape index (κ1) is 12.3. The topological polar surface area (TPSA) is 75.4 Å². The molecule has 2 aromatic rings. The molecule has 1 atom stereocenters. The van der Waals surface area contributed by atoms with Crippen LogP contribution in [-0.4, -0.2) is 22.5 Å². The number of aromatic nitrogens is 1. The number of nitrogens with one attached hydrogen (secondary N) is 1. The van der Waals surface area contributed by atoms with Gasteiger partial charge in [0.2, 0.25) is 0 Å². The van der Waals surface area contributed by atoms with Crippen molar-refractivity contribution >= 4 is 5.91 Å². The van der Waals surface area contributed by atoms with Crippen LogP contribution in [0.3, 0.4) is 0 Å². The second kappa shape index (κ2) is 5.01. The Morgan fingerprint density at radius 3 is 2.94 bits per heavy atom. The predicted molar refractivity (Wildman–Crippen MR) is 64.8 cm³/mol. The summed E-state index contributed by atoms with van der Waals surface area (Å²) in [6.07, 6.45) is 4.54. The van der Waals surface area contributed by atoms with Crippen LogP contribution < -0.4 is 5.32 Å². The van der Waals surface area contributed by atoms with E-state index in [1.165, 1.54) is 12.5 Å². The average molecular weight is 246 g/mol. The maximum absolute atomic E-state index is 11.8. The Hall–Kier alpha value is -2.14. The smallest absolute Gasteiger partial charge is 0.252 e. The summed E-state index contributed by atoms with van der Waals surface area (Å²) in [6, 6.07) is 6.69. The lowest BCUT2D eigenvalue weighted by Gasteiger charge is -2.21. The molecule has 0 aromatic carbocycles. The Bertz CT molecular complexity index is 506. The Morgan fingerprint density at radius 2 is 2.33 bits per heavy atom. The number of carbonyl (C=O) groups is 1. The van der Waals surface area contributed by atoms with Crippen molar-refractivity contribution in [3.63, 3.8) is 0 Å². The second-order valence-corrected chi connectivity index (χ2v) is 4.18. The largest absolute Gasteiger partial charge is 0.466 e. The lowest BCUT2D eigenvalue weighted by molar-refractivity contribution is 0.0330. The molecule has 0 spiro atoms. The molecule has 1 unspecified atom stereocenters. The minimum absolute atomic E-state index is 0.0637. The van der Waals surface area contributed by atoms with Crippen molar-refractivity contribution in [2.24, 2.45) is 0 Å². The zero-order valence-corrected chi connectivity index (χ0v) is 9.96. The molecule has 0 radical (unpaired) electrons. The summed E-state index contributed by atoms with van der Waals surface area (Å²) in [5.74, 6) is 0.129. The fourth-order valence-electron chi connectivity index (χ4n) is 1.52. The highest BCUT2D eigenvalue weighted by molar-refractivity contribution is 5.93. The Balaban J connectivity index is 1.98. The molecule has 1 amide bonds. The third-order valence-corrected chi connectivity index (χ3v) is 2.57. The van der Waals surface area contributed by atoms with Crippen LogP contribution in [-0.2, 0) is 5.60 Å². The van der Waals surface area contributed by atoms with Gasteiger partial charge in [-0.05, 0) is 31.2 Å². The Labute approximate surface area is 104 Å². The summed E-state index contributed by atoms with van der Waals surface area (Å²) in [5.41, 5.74) is -0.783. The van der Waals surface area contributed by atoms with Crippen LogP contribution in [0.1, 0.15) is 23.0 Å². The second-order valence-electron chi connectivity index (χ2n) is 4.18. The molecule has 0 fully saturated rings. The van der Waals surface area contributed by atoms with E-state index in [1.807, 2.05) is 0 Å². The molecule has 2 N–H and O–H groups in total. The van der Waals surface area contributed by atoms with E-state index in [2.05, 4.69) is 10.3 Å². The third kappa shape index (κ3) is 2.75. The number of amides is 1. The average Bonchev–Trinajstić information content (AvgIpc) is 2.92. The van der Waals surface area contributed by atoms with E-state index in [9.17, 15) is 9.90 Å². The van der Waals surface area contributed by atoms with E-state index < -0.39 is 5.60 Å². The molecular weight excluding hydrogens is 232 g/mol. The number of aliphatic hydroxyl groups is 1. The summed E-state index contributed by atoms with van der Waals surface area (Å²) < 4.78 is 5.12. The van der Waals surface area contributed by atoms with E-state index in [-0.39, 0.29) is 12.5 Å². The van der Waals surface area contributed by atoms with Crippen LogP contribution in [0.2, 0.25) is 0 Å². The van der Waals surface area contributed by atoms with Crippen molar-refractivity contribution in [1.82, 2.24) is 10.3 Å². The number of furan rings is 1. The van der Waals surface area contributed by atoms with Gasteiger partial charge in [-0.1, -0.05) is 0 Å². The van der Waals surface area contributed by atoms with Crippen LogP contribution in [0.15, 0.2) is 47.3 Å².